The number of amides is 2. The summed E-state index contributed by atoms with van der Waals surface area (Å²) >= 11 is 8.44. The van der Waals surface area contributed by atoms with Crippen LogP contribution in [-0.4, -0.2) is 34.2 Å². The third kappa shape index (κ3) is 4.31. The monoisotopic (exact) mass is 474 g/mol. The van der Waals surface area contributed by atoms with E-state index < -0.39 is 24.4 Å². The topological polar surface area (TPSA) is 116 Å². The lowest BCUT2D eigenvalue weighted by molar-refractivity contribution is -0.119. The van der Waals surface area contributed by atoms with Gasteiger partial charge < -0.3 is 15.8 Å². The smallest absolute Gasteiger partial charge is 0.348 e. The van der Waals surface area contributed by atoms with Gasteiger partial charge in [-0.15, -0.1) is 22.7 Å². The SMILES string of the molecule is Cc1nn(-c2cccc(Cl)c2)c2sc(C(=O)OCC(=O)Nc3sccc3C(N)=O)cc12. The van der Waals surface area contributed by atoms with E-state index in [9.17, 15) is 14.4 Å². The number of aryl methyl sites for hydroxylation is 1. The molecule has 0 saturated carbocycles. The molecule has 0 atom stereocenters. The third-order valence-corrected chi connectivity index (χ3v) is 6.47. The molecule has 0 aliphatic carbocycles. The van der Waals surface area contributed by atoms with E-state index in [1.165, 1.54) is 17.4 Å². The standard InChI is InChI=1S/C20H15ClN4O4S2/c1-10-14-8-15(31-19(14)25(24-10)12-4-2-3-11(21)7-12)20(28)29-9-16(26)23-18-13(17(22)27)5-6-30-18/h2-8H,9H2,1H3,(H2,22,27)(H,23,26). The van der Waals surface area contributed by atoms with Crippen molar-refractivity contribution in [1.29, 1.82) is 0 Å². The maximum atomic E-state index is 12.5. The molecule has 2 amide bonds. The molecular weight excluding hydrogens is 460 g/mol. The lowest BCUT2D eigenvalue weighted by Crippen LogP contribution is -2.22. The highest BCUT2D eigenvalue weighted by Crippen LogP contribution is 2.31. The Balaban J connectivity index is 1.48. The van der Waals surface area contributed by atoms with Crippen molar-refractivity contribution in [1.82, 2.24) is 9.78 Å². The summed E-state index contributed by atoms with van der Waals surface area (Å²) in [6.45, 7) is 1.35. The van der Waals surface area contributed by atoms with Gasteiger partial charge in [-0.25, -0.2) is 9.48 Å². The molecule has 0 aliphatic heterocycles. The van der Waals surface area contributed by atoms with Gasteiger partial charge in [-0.1, -0.05) is 17.7 Å². The van der Waals surface area contributed by atoms with Crippen molar-refractivity contribution in [3.05, 3.63) is 62.9 Å². The molecule has 0 fully saturated rings. The molecule has 11 heteroatoms. The van der Waals surface area contributed by atoms with Crippen LogP contribution in [0.1, 0.15) is 25.7 Å². The molecule has 0 unspecified atom stereocenters. The van der Waals surface area contributed by atoms with Crippen LogP contribution in [0.3, 0.4) is 0 Å². The van der Waals surface area contributed by atoms with Gasteiger partial charge in [-0.2, -0.15) is 5.10 Å². The number of halogens is 1. The van der Waals surface area contributed by atoms with E-state index in [1.807, 2.05) is 19.1 Å². The quantitative estimate of drug-likeness (QED) is 0.409. The lowest BCUT2D eigenvalue weighted by Gasteiger charge is -2.05. The maximum absolute atomic E-state index is 12.5. The van der Waals surface area contributed by atoms with Crippen molar-refractivity contribution < 1.29 is 19.1 Å². The molecule has 4 aromatic rings. The highest BCUT2D eigenvalue weighted by molar-refractivity contribution is 7.20. The maximum Gasteiger partial charge on any atom is 0.348 e. The summed E-state index contributed by atoms with van der Waals surface area (Å²) in [6.07, 6.45) is 0. The molecule has 3 N–H and O–H groups in total. The molecular formula is C20H15ClN4O4S2. The minimum absolute atomic E-state index is 0.204. The first-order valence-electron chi connectivity index (χ1n) is 8.93. The van der Waals surface area contributed by atoms with Crippen LogP contribution in [0.5, 0.6) is 0 Å². The van der Waals surface area contributed by atoms with Gasteiger partial charge in [0.25, 0.3) is 11.8 Å². The van der Waals surface area contributed by atoms with Crippen molar-refractivity contribution in [2.45, 2.75) is 6.92 Å². The fourth-order valence-electron chi connectivity index (χ4n) is 2.90. The van der Waals surface area contributed by atoms with Crippen LogP contribution in [0.25, 0.3) is 15.9 Å². The average Bonchev–Trinajstić information content (AvgIpc) is 3.43. The van der Waals surface area contributed by atoms with Crippen LogP contribution in [0.15, 0.2) is 41.8 Å². The summed E-state index contributed by atoms with van der Waals surface area (Å²) in [6, 6.07) is 10.4. The minimum atomic E-state index is -0.650. The van der Waals surface area contributed by atoms with Crippen LogP contribution in [0, 0.1) is 6.92 Å². The summed E-state index contributed by atoms with van der Waals surface area (Å²) in [5, 5.41) is 10.4. The summed E-state index contributed by atoms with van der Waals surface area (Å²) in [4.78, 5) is 37.0. The fourth-order valence-corrected chi connectivity index (χ4v) is 4.97. The van der Waals surface area contributed by atoms with Gasteiger partial charge in [0.2, 0.25) is 0 Å². The number of primary amides is 1. The van der Waals surface area contributed by atoms with Crippen LogP contribution in [-0.2, 0) is 9.53 Å². The molecule has 0 bridgehead atoms. The first-order chi connectivity index (χ1) is 14.8. The molecule has 0 radical (unpaired) electrons. The number of rotatable bonds is 6. The van der Waals surface area contributed by atoms with E-state index in [0.717, 1.165) is 32.9 Å². The summed E-state index contributed by atoms with van der Waals surface area (Å²) < 4.78 is 6.85. The number of aromatic nitrogens is 2. The first-order valence-corrected chi connectivity index (χ1v) is 11.0. The Kier molecular flexibility index (Phi) is 5.77. The van der Waals surface area contributed by atoms with Crippen molar-refractivity contribution in [2.24, 2.45) is 5.73 Å². The minimum Gasteiger partial charge on any atom is -0.451 e. The van der Waals surface area contributed by atoms with Crippen LogP contribution < -0.4 is 11.1 Å². The Bertz CT molecular complexity index is 1320. The van der Waals surface area contributed by atoms with Crippen molar-refractivity contribution >= 4 is 67.3 Å². The molecule has 3 aromatic heterocycles. The molecule has 31 heavy (non-hydrogen) atoms. The predicted molar refractivity (Wildman–Crippen MR) is 120 cm³/mol. The van der Waals surface area contributed by atoms with Crippen molar-refractivity contribution in [2.75, 3.05) is 11.9 Å². The number of hydrogen-bond acceptors (Lipinski definition) is 7. The average molecular weight is 475 g/mol. The fraction of sp³-hybridized carbons (Fsp3) is 0.100. The Hall–Kier alpha value is -3.21. The van der Waals surface area contributed by atoms with Gasteiger partial charge in [0, 0.05) is 10.4 Å². The largest absolute Gasteiger partial charge is 0.451 e. The second-order valence-corrected chi connectivity index (χ2v) is 8.84. The van der Waals surface area contributed by atoms with E-state index in [-0.39, 0.29) is 5.56 Å². The first kappa shape index (κ1) is 21.0. The number of carbonyl (C=O) groups excluding carboxylic acids is 3. The second kappa shape index (κ2) is 8.50. The van der Waals surface area contributed by atoms with E-state index in [2.05, 4.69) is 10.4 Å². The van der Waals surface area contributed by atoms with E-state index in [4.69, 9.17) is 22.1 Å². The summed E-state index contributed by atoms with van der Waals surface area (Å²) in [5.74, 6) is -1.85. The zero-order valence-corrected chi connectivity index (χ0v) is 18.4. The summed E-state index contributed by atoms with van der Waals surface area (Å²) in [7, 11) is 0. The van der Waals surface area contributed by atoms with Gasteiger partial charge in [-0.05, 0) is 42.6 Å². The highest BCUT2D eigenvalue weighted by Gasteiger charge is 2.20. The number of nitrogens with two attached hydrogens (primary N) is 1. The Morgan fingerprint density at radius 3 is 2.81 bits per heavy atom. The number of carbonyl (C=O) groups is 3. The molecule has 1 aromatic carbocycles. The van der Waals surface area contributed by atoms with E-state index in [0.29, 0.717) is 14.9 Å². The number of thiophene rings is 2. The molecule has 158 valence electrons. The zero-order chi connectivity index (χ0) is 22.1. The molecule has 4 rings (SSSR count). The van der Waals surface area contributed by atoms with Gasteiger partial charge >= 0.3 is 5.97 Å². The third-order valence-electron chi connectivity index (χ3n) is 4.32. The molecule has 8 nitrogen and oxygen atoms in total. The van der Waals surface area contributed by atoms with Crippen molar-refractivity contribution in [3.8, 4) is 5.69 Å². The van der Waals surface area contributed by atoms with Crippen LogP contribution in [0.2, 0.25) is 5.02 Å². The van der Waals surface area contributed by atoms with Gasteiger partial charge in [-0.3, -0.25) is 9.59 Å². The number of fused-ring (bicyclic) bond motifs is 1. The second-order valence-electron chi connectivity index (χ2n) is 6.46. The van der Waals surface area contributed by atoms with E-state index >= 15 is 0 Å². The Morgan fingerprint density at radius 1 is 1.26 bits per heavy atom. The van der Waals surface area contributed by atoms with Gasteiger partial charge in [0.1, 0.15) is 14.7 Å². The normalized spacial score (nSPS) is 10.9. The Labute approximate surface area is 189 Å². The number of nitrogens with one attached hydrogen (secondary N) is 1. The molecule has 0 spiro atoms. The number of ether oxygens (including phenoxy) is 1. The molecule has 0 saturated heterocycles. The summed E-state index contributed by atoms with van der Waals surface area (Å²) in [5.41, 5.74) is 6.98. The number of esters is 1. The number of anilines is 1. The lowest BCUT2D eigenvalue weighted by atomic mass is 10.3. The van der Waals surface area contributed by atoms with Gasteiger partial charge in [0.05, 0.1) is 16.9 Å². The number of hydrogen-bond donors (Lipinski definition) is 2. The van der Waals surface area contributed by atoms with Crippen LogP contribution in [0.4, 0.5) is 5.00 Å². The van der Waals surface area contributed by atoms with Gasteiger partial charge in [0.15, 0.2) is 6.61 Å². The molecule has 3 heterocycles. The number of benzene rings is 1. The molecule has 0 aliphatic rings. The van der Waals surface area contributed by atoms with Crippen LogP contribution >= 0.6 is 34.3 Å². The predicted octanol–water partition coefficient (Wildman–Crippen LogP) is 4.00. The van der Waals surface area contributed by atoms with Crippen molar-refractivity contribution in [3.63, 3.8) is 0 Å². The highest BCUT2D eigenvalue weighted by atomic mass is 35.5. The van der Waals surface area contributed by atoms with E-state index in [1.54, 1.807) is 28.3 Å². The Morgan fingerprint density at radius 2 is 2.06 bits per heavy atom. The number of nitrogens with zero attached hydrogens (tertiary/aromatic N) is 2. The zero-order valence-electron chi connectivity index (χ0n) is 16.0.